The molecular weight excluding hydrogens is 306 g/mol. The SMILES string of the molecule is O=C(NC1CCN(c2ccc(Cl)cc2)CC1)c1cscn1. The van der Waals surface area contributed by atoms with E-state index in [-0.39, 0.29) is 11.9 Å². The normalized spacial score (nSPS) is 16.0. The molecule has 1 aliphatic heterocycles. The minimum Gasteiger partial charge on any atom is -0.371 e. The van der Waals surface area contributed by atoms with Crippen LogP contribution in [0.4, 0.5) is 5.69 Å². The lowest BCUT2D eigenvalue weighted by Gasteiger charge is -2.33. The van der Waals surface area contributed by atoms with E-state index < -0.39 is 0 Å². The van der Waals surface area contributed by atoms with E-state index in [9.17, 15) is 4.79 Å². The van der Waals surface area contributed by atoms with Gasteiger partial charge >= 0.3 is 0 Å². The van der Waals surface area contributed by atoms with Crippen LogP contribution in [0.15, 0.2) is 35.2 Å². The highest BCUT2D eigenvalue weighted by Gasteiger charge is 2.21. The Kier molecular flexibility index (Phi) is 4.41. The van der Waals surface area contributed by atoms with Gasteiger partial charge in [0.05, 0.1) is 5.51 Å². The van der Waals surface area contributed by atoms with Gasteiger partial charge in [-0.15, -0.1) is 11.3 Å². The molecule has 4 nitrogen and oxygen atoms in total. The van der Waals surface area contributed by atoms with E-state index in [1.165, 1.54) is 17.0 Å². The first-order valence-electron chi connectivity index (χ1n) is 6.92. The maximum Gasteiger partial charge on any atom is 0.270 e. The molecule has 0 radical (unpaired) electrons. The average molecular weight is 322 g/mol. The second-order valence-electron chi connectivity index (χ2n) is 5.08. The second-order valence-corrected chi connectivity index (χ2v) is 6.24. The molecule has 1 aromatic carbocycles. The Hall–Kier alpha value is -1.59. The third-order valence-electron chi connectivity index (χ3n) is 3.69. The van der Waals surface area contributed by atoms with Gasteiger partial charge in [-0.1, -0.05) is 11.6 Å². The minimum atomic E-state index is -0.0683. The lowest BCUT2D eigenvalue weighted by Crippen LogP contribution is -2.44. The van der Waals surface area contributed by atoms with Crippen LogP contribution in [0.5, 0.6) is 0 Å². The molecule has 0 atom stereocenters. The van der Waals surface area contributed by atoms with Crippen molar-refractivity contribution >= 4 is 34.5 Å². The number of rotatable bonds is 3. The molecule has 0 saturated carbocycles. The van der Waals surface area contributed by atoms with E-state index in [0.717, 1.165) is 31.0 Å². The Morgan fingerprint density at radius 3 is 2.62 bits per heavy atom. The number of nitrogens with zero attached hydrogens (tertiary/aromatic N) is 2. The van der Waals surface area contributed by atoms with Crippen LogP contribution >= 0.6 is 22.9 Å². The smallest absolute Gasteiger partial charge is 0.270 e. The summed E-state index contributed by atoms with van der Waals surface area (Å²) in [6.45, 7) is 1.87. The topological polar surface area (TPSA) is 45.2 Å². The molecule has 0 spiro atoms. The highest BCUT2D eigenvalue weighted by atomic mass is 35.5. The number of benzene rings is 1. The van der Waals surface area contributed by atoms with Gasteiger partial charge in [-0.2, -0.15) is 0 Å². The zero-order valence-corrected chi connectivity index (χ0v) is 13.0. The molecule has 1 saturated heterocycles. The Morgan fingerprint density at radius 1 is 1.29 bits per heavy atom. The van der Waals surface area contributed by atoms with Gasteiger partial charge in [0, 0.05) is 35.2 Å². The predicted octanol–water partition coefficient (Wildman–Crippen LogP) is 3.20. The molecule has 21 heavy (non-hydrogen) atoms. The van der Waals surface area contributed by atoms with Crippen LogP contribution < -0.4 is 10.2 Å². The number of carbonyl (C=O) groups excluding carboxylic acids is 1. The van der Waals surface area contributed by atoms with Crippen molar-refractivity contribution in [2.45, 2.75) is 18.9 Å². The third kappa shape index (κ3) is 3.54. The van der Waals surface area contributed by atoms with Crippen molar-refractivity contribution in [3.63, 3.8) is 0 Å². The van der Waals surface area contributed by atoms with E-state index in [4.69, 9.17) is 11.6 Å². The molecule has 0 unspecified atom stereocenters. The zero-order valence-electron chi connectivity index (χ0n) is 11.5. The van der Waals surface area contributed by atoms with Crippen molar-refractivity contribution in [1.82, 2.24) is 10.3 Å². The summed E-state index contributed by atoms with van der Waals surface area (Å²) in [7, 11) is 0. The van der Waals surface area contributed by atoms with Crippen LogP contribution in [0.3, 0.4) is 0 Å². The number of carbonyl (C=O) groups is 1. The largest absolute Gasteiger partial charge is 0.371 e. The van der Waals surface area contributed by atoms with E-state index in [0.29, 0.717) is 5.69 Å². The van der Waals surface area contributed by atoms with Crippen molar-refractivity contribution in [2.24, 2.45) is 0 Å². The fourth-order valence-corrected chi connectivity index (χ4v) is 3.18. The molecule has 2 aromatic rings. The highest BCUT2D eigenvalue weighted by molar-refractivity contribution is 7.07. The van der Waals surface area contributed by atoms with Crippen molar-refractivity contribution < 1.29 is 4.79 Å². The average Bonchev–Trinajstić information content (AvgIpc) is 3.03. The van der Waals surface area contributed by atoms with E-state index in [2.05, 4.69) is 15.2 Å². The van der Waals surface area contributed by atoms with Crippen molar-refractivity contribution in [3.8, 4) is 0 Å². The molecule has 2 heterocycles. The summed E-state index contributed by atoms with van der Waals surface area (Å²) >= 11 is 7.35. The molecule has 0 bridgehead atoms. The van der Waals surface area contributed by atoms with Gasteiger partial charge in [0.15, 0.2) is 0 Å². The van der Waals surface area contributed by atoms with Crippen molar-refractivity contribution in [1.29, 1.82) is 0 Å². The molecule has 3 rings (SSSR count). The Bertz CT molecular complexity index is 592. The van der Waals surface area contributed by atoms with Crippen LogP contribution in [0.25, 0.3) is 0 Å². The van der Waals surface area contributed by atoms with Crippen LogP contribution in [0.2, 0.25) is 5.02 Å². The fourth-order valence-electron chi connectivity index (χ4n) is 2.52. The van der Waals surface area contributed by atoms with E-state index in [1.807, 2.05) is 24.3 Å². The number of hydrogen-bond donors (Lipinski definition) is 1. The summed E-state index contributed by atoms with van der Waals surface area (Å²) in [6.07, 6.45) is 1.89. The first-order chi connectivity index (χ1) is 10.2. The molecule has 1 amide bonds. The first kappa shape index (κ1) is 14.4. The fraction of sp³-hybridized carbons (Fsp3) is 0.333. The number of halogens is 1. The van der Waals surface area contributed by atoms with Crippen LogP contribution in [-0.4, -0.2) is 30.0 Å². The number of thiazole rings is 1. The van der Waals surface area contributed by atoms with Crippen LogP contribution in [0, 0.1) is 0 Å². The Morgan fingerprint density at radius 2 is 2.00 bits per heavy atom. The molecule has 1 aliphatic rings. The quantitative estimate of drug-likeness (QED) is 0.944. The van der Waals surface area contributed by atoms with Gasteiger partial charge in [0.2, 0.25) is 0 Å². The molecule has 0 aliphatic carbocycles. The number of anilines is 1. The molecule has 1 fully saturated rings. The molecular formula is C15H16ClN3OS. The van der Waals surface area contributed by atoms with Gasteiger partial charge in [0.1, 0.15) is 5.69 Å². The molecule has 110 valence electrons. The van der Waals surface area contributed by atoms with Gasteiger partial charge in [-0.05, 0) is 37.1 Å². The van der Waals surface area contributed by atoms with Gasteiger partial charge < -0.3 is 10.2 Å². The van der Waals surface area contributed by atoms with Gasteiger partial charge in [-0.25, -0.2) is 4.98 Å². The standard InChI is InChI=1S/C15H16ClN3OS/c16-11-1-3-13(4-2-11)19-7-5-12(6-8-19)18-15(20)14-9-21-10-17-14/h1-4,9-10,12H,5-8H2,(H,18,20). The summed E-state index contributed by atoms with van der Waals surface area (Å²) in [4.78, 5) is 18.3. The summed E-state index contributed by atoms with van der Waals surface area (Å²) < 4.78 is 0. The molecule has 1 N–H and O–H groups in total. The number of aromatic nitrogens is 1. The zero-order chi connectivity index (χ0) is 14.7. The monoisotopic (exact) mass is 321 g/mol. The van der Waals surface area contributed by atoms with Gasteiger partial charge in [-0.3, -0.25) is 4.79 Å². The third-order valence-corrected chi connectivity index (χ3v) is 4.53. The summed E-state index contributed by atoms with van der Waals surface area (Å²) in [5, 5.41) is 5.59. The van der Waals surface area contributed by atoms with Crippen molar-refractivity contribution in [2.75, 3.05) is 18.0 Å². The van der Waals surface area contributed by atoms with E-state index in [1.54, 1.807) is 10.9 Å². The summed E-state index contributed by atoms with van der Waals surface area (Å²) in [6, 6.07) is 8.12. The molecule has 6 heteroatoms. The number of hydrogen-bond acceptors (Lipinski definition) is 4. The summed E-state index contributed by atoms with van der Waals surface area (Å²) in [5.74, 6) is -0.0683. The summed E-state index contributed by atoms with van der Waals surface area (Å²) in [5.41, 5.74) is 3.38. The predicted molar refractivity (Wildman–Crippen MR) is 86.3 cm³/mol. The minimum absolute atomic E-state index is 0.0683. The van der Waals surface area contributed by atoms with E-state index >= 15 is 0 Å². The number of amides is 1. The lowest BCUT2D eigenvalue weighted by atomic mass is 10.0. The number of piperidine rings is 1. The maximum atomic E-state index is 12.0. The lowest BCUT2D eigenvalue weighted by molar-refractivity contribution is 0.0927. The Balaban J connectivity index is 1.53. The Labute approximate surface area is 132 Å². The second kappa shape index (κ2) is 6.45. The maximum absolute atomic E-state index is 12.0. The number of nitrogens with one attached hydrogen (secondary N) is 1. The molecule has 1 aromatic heterocycles. The first-order valence-corrected chi connectivity index (χ1v) is 8.24. The van der Waals surface area contributed by atoms with Crippen LogP contribution in [0.1, 0.15) is 23.3 Å². The van der Waals surface area contributed by atoms with Crippen molar-refractivity contribution in [3.05, 3.63) is 45.9 Å². The highest BCUT2D eigenvalue weighted by Crippen LogP contribution is 2.22. The van der Waals surface area contributed by atoms with Crippen LogP contribution in [-0.2, 0) is 0 Å². The van der Waals surface area contributed by atoms with Gasteiger partial charge in [0.25, 0.3) is 5.91 Å².